The Kier molecular flexibility index (Phi) is 68.3. The van der Waals surface area contributed by atoms with E-state index in [2.05, 4.69) is 92.7 Å². The molecule has 2 nitrogen and oxygen atoms in total. The standard InChI is InChI=1S/C46H72N2.2C26H53.Pd/c1-8-15-19-20-21-22-23-29-40-35-45(41-31-36(24-12-5)43(26-14-7)37(32-41)25-13-6)48(47)46(40)42-33-38(27-16-9-2)44(30-18-11-4)39(34-42)28-17-10-3;2*1-3-5-7-9-11-13-15-17-19-21-23-25-26-24-22-20-18-16-14-12-10-8-6-4-2;/h31-35H,8-30H2,1-7H3;2*1,3-26H2,2H3;. The minimum atomic E-state index is 0.973. The quantitative estimate of drug-likeness (QED) is 0.0358. The molecule has 0 saturated carbocycles. The summed E-state index contributed by atoms with van der Waals surface area (Å²) >= 11 is 1.06. The zero-order valence-electron chi connectivity index (χ0n) is 70.2. The van der Waals surface area contributed by atoms with Crippen LogP contribution in [0.1, 0.15) is 524 Å². The van der Waals surface area contributed by atoms with Gasteiger partial charge in [-0.3, -0.25) is 0 Å². The van der Waals surface area contributed by atoms with Crippen molar-refractivity contribution in [3.05, 3.63) is 86.0 Å². The van der Waals surface area contributed by atoms with Gasteiger partial charge in [0.05, 0.1) is 0 Å². The zero-order valence-corrected chi connectivity index (χ0v) is 71.8. The number of rotatable bonds is 75. The SMILES string of the molecule is CCCCCCCCCC1=C(c2cc(CCCC)c(CCCC)c(CCCC)c2)[N+](=[N-])C(c2cc(CCC)c(CCC)c(CCC)c2)=C1.CCCCCCCCCCCCCCCCCCCCCCCCC[CH2][Pd][CH2]CCCCCCCCCCCCCCCCCCCCCCCCC. The number of benzene rings is 2. The maximum absolute atomic E-state index is 12.3. The van der Waals surface area contributed by atoms with E-state index in [0.717, 1.165) is 80.7 Å². The number of hydrogen-bond acceptors (Lipinski definition) is 0. The van der Waals surface area contributed by atoms with Crippen LogP contribution in [0.15, 0.2) is 35.9 Å². The Labute approximate surface area is 643 Å². The van der Waals surface area contributed by atoms with Crippen molar-refractivity contribution in [1.82, 2.24) is 0 Å². The zero-order chi connectivity index (χ0) is 72.8. The molecule has 0 bridgehead atoms. The van der Waals surface area contributed by atoms with Crippen molar-refractivity contribution >= 4 is 11.4 Å². The van der Waals surface area contributed by atoms with Gasteiger partial charge in [-0.1, -0.05) is 306 Å². The fourth-order valence-electron chi connectivity index (χ4n) is 16.1. The van der Waals surface area contributed by atoms with Gasteiger partial charge in [0.25, 0.3) is 0 Å². The van der Waals surface area contributed by atoms with Crippen LogP contribution in [0.2, 0.25) is 9.79 Å². The van der Waals surface area contributed by atoms with Gasteiger partial charge in [0.1, 0.15) is 0 Å². The van der Waals surface area contributed by atoms with E-state index in [0.29, 0.717) is 0 Å². The predicted molar refractivity (Wildman–Crippen MR) is 454 cm³/mol. The summed E-state index contributed by atoms with van der Waals surface area (Å²) in [4.78, 5) is 3.10. The smallest absolute Gasteiger partial charge is 0.0654 e. The van der Waals surface area contributed by atoms with E-state index in [-0.39, 0.29) is 0 Å². The average Bonchev–Trinajstić information content (AvgIpc) is 1.65. The van der Waals surface area contributed by atoms with E-state index in [9.17, 15) is 5.53 Å². The van der Waals surface area contributed by atoms with Crippen LogP contribution in [0, 0.1) is 0 Å². The molecule has 0 fully saturated rings. The van der Waals surface area contributed by atoms with Crippen LogP contribution in [-0.2, 0) is 56.5 Å². The number of nitrogens with zero attached hydrogens (tertiary/aromatic N) is 2. The Bertz CT molecular complexity index is 2110. The minimum Gasteiger partial charge on any atom is -0.0654 e. The maximum atomic E-state index is 12.3. The predicted octanol–water partition coefficient (Wildman–Crippen LogP) is 35.2. The molecule has 0 N–H and O–H groups in total. The van der Waals surface area contributed by atoms with Crippen LogP contribution < -0.4 is 0 Å². The molecule has 0 spiro atoms. The van der Waals surface area contributed by atoms with Crippen molar-refractivity contribution < 1.29 is 22.7 Å². The molecule has 0 aliphatic carbocycles. The number of hydrogen-bond donors (Lipinski definition) is 0. The number of allylic oxidation sites excluding steroid dienone is 2. The third kappa shape index (κ3) is 50.4. The Morgan fingerprint density at radius 2 is 0.465 bits per heavy atom. The van der Waals surface area contributed by atoms with Gasteiger partial charge in [-0.05, 0) is 128 Å². The summed E-state index contributed by atoms with van der Waals surface area (Å²) in [5.41, 5.74) is 27.2. The van der Waals surface area contributed by atoms with Crippen molar-refractivity contribution in [3.63, 3.8) is 0 Å². The van der Waals surface area contributed by atoms with E-state index in [4.69, 9.17) is 0 Å². The summed E-state index contributed by atoms with van der Waals surface area (Å²) in [6.07, 6.45) is 102. The molecule has 1 aliphatic heterocycles. The van der Waals surface area contributed by atoms with Gasteiger partial charge in [0, 0.05) is 22.8 Å². The molecule has 2 aromatic rings. The molecule has 590 valence electrons. The Morgan fingerprint density at radius 3 is 0.752 bits per heavy atom. The molecular weight excluding hydrogens is 1310 g/mol. The second-order valence-corrected chi connectivity index (χ2v) is 34.8. The van der Waals surface area contributed by atoms with Gasteiger partial charge < -0.3 is 5.53 Å². The van der Waals surface area contributed by atoms with Gasteiger partial charge in [-0.25, -0.2) is 4.70 Å². The second kappa shape index (κ2) is 72.4. The van der Waals surface area contributed by atoms with Crippen LogP contribution >= 0.6 is 0 Å². The molecule has 0 atom stereocenters. The molecular formula is C98H178N2Pd. The summed E-state index contributed by atoms with van der Waals surface area (Å²) in [5.74, 6) is 0. The van der Waals surface area contributed by atoms with Crippen LogP contribution in [0.5, 0.6) is 0 Å². The van der Waals surface area contributed by atoms with Crippen molar-refractivity contribution in [1.29, 1.82) is 0 Å². The Balaban J connectivity index is 0.000000689. The first-order chi connectivity index (χ1) is 49.9. The summed E-state index contributed by atoms with van der Waals surface area (Å²) in [7, 11) is 0. The van der Waals surface area contributed by atoms with Crippen molar-refractivity contribution in [2.45, 2.75) is 528 Å². The van der Waals surface area contributed by atoms with E-state index in [1.165, 1.54) is 443 Å². The van der Waals surface area contributed by atoms with Crippen LogP contribution in [0.4, 0.5) is 0 Å². The van der Waals surface area contributed by atoms with Crippen molar-refractivity contribution in [3.8, 4) is 0 Å². The van der Waals surface area contributed by atoms with E-state index in [1.807, 2.05) is 0 Å². The molecule has 0 unspecified atom stereocenters. The molecule has 3 heteroatoms. The molecule has 0 radical (unpaired) electrons. The van der Waals surface area contributed by atoms with Crippen LogP contribution in [-0.4, -0.2) is 4.70 Å². The Morgan fingerprint density at radius 1 is 0.228 bits per heavy atom. The van der Waals surface area contributed by atoms with Crippen LogP contribution in [0.25, 0.3) is 16.9 Å². The molecule has 3 rings (SSSR count). The van der Waals surface area contributed by atoms with Gasteiger partial charge >= 0.3 is 169 Å². The Hall–Kier alpha value is -1.82. The van der Waals surface area contributed by atoms with E-state index in [1.54, 1.807) is 25.6 Å². The second-order valence-electron chi connectivity index (χ2n) is 32.4. The van der Waals surface area contributed by atoms with E-state index >= 15 is 0 Å². The first-order valence-corrected chi connectivity index (χ1v) is 48.8. The monoisotopic (exact) mass is 1490 g/mol. The first kappa shape index (κ1) is 95.3. The molecule has 2 aromatic carbocycles. The van der Waals surface area contributed by atoms with Gasteiger partial charge in [0.15, 0.2) is 0 Å². The fraction of sp³-hybridized carbons (Fsp3) is 0.837. The number of aryl methyl sites for hydroxylation is 4. The normalized spacial score (nSPS) is 12.4. The third-order valence-electron chi connectivity index (χ3n) is 22.6. The average molecular weight is 1490 g/mol. The fourth-order valence-corrected chi connectivity index (χ4v) is 18.1. The topological polar surface area (TPSA) is 25.3 Å². The molecule has 1 heterocycles. The van der Waals surface area contributed by atoms with Gasteiger partial charge in [-0.2, -0.15) is 0 Å². The molecule has 0 amide bonds. The summed E-state index contributed by atoms with van der Waals surface area (Å²) < 4.78 is 1.60. The number of unbranched alkanes of at least 4 members (excludes halogenated alkanes) is 55. The molecule has 0 saturated heterocycles. The van der Waals surface area contributed by atoms with E-state index < -0.39 is 0 Å². The molecule has 0 aromatic heterocycles. The van der Waals surface area contributed by atoms with Gasteiger partial charge in [-0.15, -0.1) is 0 Å². The van der Waals surface area contributed by atoms with Crippen LogP contribution in [0.3, 0.4) is 0 Å². The summed E-state index contributed by atoms with van der Waals surface area (Å²) in [6.45, 7) is 20.8. The van der Waals surface area contributed by atoms with Crippen molar-refractivity contribution in [2.24, 2.45) is 0 Å². The molecule has 101 heavy (non-hydrogen) atoms. The summed E-state index contributed by atoms with van der Waals surface area (Å²) in [5, 5.41) is 0. The third-order valence-corrected chi connectivity index (χ3v) is 24.8. The summed E-state index contributed by atoms with van der Waals surface area (Å²) in [6, 6.07) is 9.80. The van der Waals surface area contributed by atoms with Gasteiger partial charge in [0.2, 0.25) is 11.4 Å². The van der Waals surface area contributed by atoms with Crippen molar-refractivity contribution in [2.75, 3.05) is 0 Å². The first-order valence-electron chi connectivity index (χ1n) is 46.6. The molecule has 1 aliphatic rings. The minimum absolute atomic E-state index is 0.973.